The number of nitrogens with zero attached hydrogens (tertiary/aromatic N) is 3. The second-order valence-corrected chi connectivity index (χ2v) is 6.91. The average molecular weight is 276 g/mol. The van der Waals surface area contributed by atoms with Crippen LogP contribution in [0.4, 0.5) is 0 Å². The highest BCUT2D eigenvalue weighted by atomic mass is 16.5. The molecule has 5 nitrogen and oxygen atoms in total. The first-order valence-corrected chi connectivity index (χ1v) is 8.03. The van der Waals surface area contributed by atoms with Gasteiger partial charge < -0.3 is 15.2 Å². The molecule has 0 amide bonds. The summed E-state index contributed by atoms with van der Waals surface area (Å²) in [6.45, 7) is 0. The molecule has 3 fully saturated rings. The molecule has 2 aliphatic heterocycles. The highest BCUT2D eigenvalue weighted by molar-refractivity contribution is 5.08. The van der Waals surface area contributed by atoms with Gasteiger partial charge in [-0.1, -0.05) is 11.6 Å². The number of fused-ring (bicyclic) bond motifs is 2. The van der Waals surface area contributed by atoms with Crippen molar-refractivity contribution >= 4 is 0 Å². The Labute approximate surface area is 119 Å². The first-order valence-electron chi connectivity index (χ1n) is 8.03. The van der Waals surface area contributed by atoms with Crippen LogP contribution in [0.15, 0.2) is 4.52 Å². The van der Waals surface area contributed by atoms with Crippen molar-refractivity contribution < 1.29 is 4.52 Å². The molecule has 3 aliphatic rings. The minimum absolute atomic E-state index is 0.206. The van der Waals surface area contributed by atoms with E-state index in [9.17, 15) is 0 Å². The van der Waals surface area contributed by atoms with Gasteiger partial charge in [-0.2, -0.15) is 4.98 Å². The Morgan fingerprint density at radius 2 is 1.90 bits per heavy atom. The fourth-order valence-corrected chi connectivity index (χ4v) is 4.48. The molecule has 2 bridgehead atoms. The SMILES string of the molecule is CN1C2CCC1CC(c1noc(C3CCCC3N)n1)C2. The topological polar surface area (TPSA) is 68.2 Å². The lowest BCUT2D eigenvalue weighted by molar-refractivity contribution is 0.157. The van der Waals surface area contributed by atoms with E-state index in [1.807, 2.05) is 0 Å². The van der Waals surface area contributed by atoms with E-state index in [0.29, 0.717) is 11.8 Å². The Morgan fingerprint density at radius 3 is 2.55 bits per heavy atom. The van der Waals surface area contributed by atoms with Gasteiger partial charge in [0.05, 0.1) is 5.92 Å². The lowest BCUT2D eigenvalue weighted by Gasteiger charge is -2.34. The number of hydrogen-bond donors (Lipinski definition) is 1. The van der Waals surface area contributed by atoms with Crippen LogP contribution in [0.3, 0.4) is 0 Å². The highest BCUT2D eigenvalue weighted by Crippen LogP contribution is 2.42. The monoisotopic (exact) mass is 276 g/mol. The van der Waals surface area contributed by atoms with E-state index in [1.165, 1.54) is 32.1 Å². The summed E-state index contributed by atoms with van der Waals surface area (Å²) in [6, 6.07) is 1.64. The molecule has 3 heterocycles. The van der Waals surface area contributed by atoms with Gasteiger partial charge in [0.2, 0.25) is 5.89 Å². The molecule has 5 heteroatoms. The van der Waals surface area contributed by atoms with E-state index in [1.54, 1.807) is 0 Å². The summed E-state index contributed by atoms with van der Waals surface area (Å²) >= 11 is 0. The van der Waals surface area contributed by atoms with Gasteiger partial charge in [0.25, 0.3) is 0 Å². The van der Waals surface area contributed by atoms with Gasteiger partial charge in [-0.25, -0.2) is 0 Å². The number of hydrogen-bond acceptors (Lipinski definition) is 5. The highest BCUT2D eigenvalue weighted by Gasteiger charge is 2.41. The summed E-state index contributed by atoms with van der Waals surface area (Å²) in [6.07, 6.45) is 8.39. The molecule has 110 valence electrons. The lowest BCUT2D eigenvalue weighted by Crippen LogP contribution is -2.39. The minimum Gasteiger partial charge on any atom is -0.339 e. The second-order valence-electron chi connectivity index (χ2n) is 6.91. The first-order chi connectivity index (χ1) is 9.72. The number of rotatable bonds is 2. The van der Waals surface area contributed by atoms with Crippen LogP contribution in [0.2, 0.25) is 0 Å². The van der Waals surface area contributed by atoms with E-state index in [0.717, 1.165) is 36.6 Å². The van der Waals surface area contributed by atoms with Crippen LogP contribution >= 0.6 is 0 Å². The maximum Gasteiger partial charge on any atom is 0.231 e. The molecule has 2 saturated heterocycles. The van der Waals surface area contributed by atoms with Crippen molar-refractivity contribution in [2.24, 2.45) is 5.73 Å². The molecule has 0 spiro atoms. The van der Waals surface area contributed by atoms with Crippen LogP contribution in [-0.4, -0.2) is 40.2 Å². The first kappa shape index (κ1) is 12.8. The molecule has 4 rings (SSSR count). The molecular weight excluding hydrogens is 252 g/mol. The Balaban J connectivity index is 1.51. The minimum atomic E-state index is 0.206. The molecule has 1 aliphatic carbocycles. The summed E-state index contributed by atoms with van der Waals surface area (Å²) in [7, 11) is 2.26. The Bertz CT molecular complexity index is 474. The third-order valence-electron chi connectivity index (χ3n) is 5.81. The van der Waals surface area contributed by atoms with E-state index >= 15 is 0 Å². The Kier molecular flexibility index (Phi) is 3.07. The molecule has 4 atom stereocenters. The van der Waals surface area contributed by atoms with E-state index in [2.05, 4.69) is 17.1 Å². The summed E-state index contributed by atoms with van der Waals surface area (Å²) in [5, 5.41) is 4.28. The third kappa shape index (κ3) is 1.99. The fourth-order valence-electron chi connectivity index (χ4n) is 4.48. The number of nitrogens with two attached hydrogens (primary N) is 1. The average Bonchev–Trinajstić information content (AvgIpc) is 3.10. The van der Waals surface area contributed by atoms with E-state index in [4.69, 9.17) is 15.2 Å². The van der Waals surface area contributed by atoms with Crippen molar-refractivity contribution in [1.29, 1.82) is 0 Å². The van der Waals surface area contributed by atoms with Crippen LogP contribution in [-0.2, 0) is 0 Å². The van der Waals surface area contributed by atoms with Gasteiger partial charge in [-0.3, -0.25) is 0 Å². The molecule has 1 aromatic rings. The molecule has 2 N–H and O–H groups in total. The number of aromatic nitrogens is 2. The van der Waals surface area contributed by atoms with Crippen LogP contribution in [0.5, 0.6) is 0 Å². The Morgan fingerprint density at radius 1 is 1.15 bits per heavy atom. The second kappa shape index (κ2) is 4.81. The van der Waals surface area contributed by atoms with Gasteiger partial charge in [0.1, 0.15) is 0 Å². The van der Waals surface area contributed by atoms with Crippen molar-refractivity contribution in [2.45, 2.75) is 74.9 Å². The molecule has 20 heavy (non-hydrogen) atoms. The molecule has 0 radical (unpaired) electrons. The predicted octanol–water partition coefficient (Wildman–Crippen LogP) is 2.00. The van der Waals surface area contributed by atoms with Crippen molar-refractivity contribution in [2.75, 3.05) is 7.05 Å². The smallest absolute Gasteiger partial charge is 0.231 e. The van der Waals surface area contributed by atoms with Crippen LogP contribution < -0.4 is 5.73 Å². The van der Waals surface area contributed by atoms with Crippen molar-refractivity contribution in [3.63, 3.8) is 0 Å². The molecule has 4 unspecified atom stereocenters. The maximum atomic E-state index is 6.14. The van der Waals surface area contributed by atoms with Crippen molar-refractivity contribution in [1.82, 2.24) is 15.0 Å². The molecular formula is C15H24N4O. The Hall–Kier alpha value is -0.940. The summed E-state index contributed by atoms with van der Waals surface area (Å²) in [5.41, 5.74) is 6.14. The van der Waals surface area contributed by atoms with Gasteiger partial charge in [0, 0.05) is 24.0 Å². The number of piperidine rings is 1. The molecule has 1 saturated carbocycles. The fraction of sp³-hybridized carbons (Fsp3) is 0.867. The van der Waals surface area contributed by atoms with Crippen LogP contribution in [0.1, 0.15) is 68.5 Å². The third-order valence-corrected chi connectivity index (χ3v) is 5.81. The standard InChI is InChI=1S/C15H24N4O/c1-19-10-5-6-11(19)8-9(7-10)14-17-15(20-18-14)12-3-2-4-13(12)16/h9-13H,2-8,16H2,1H3. The zero-order chi connectivity index (χ0) is 13.7. The molecule has 0 aromatic carbocycles. The summed E-state index contributed by atoms with van der Waals surface area (Å²) in [5.74, 6) is 2.50. The van der Waals surface area contributed by atoms with Gasteiger partial charge in [-0.15, -0.1) is 0 Å². The van der Waals surface area contributed by atoms with Crippen molar-refractivity contribution in [3.8, 4) is 0 Å². The van der Waals surface area contributed by atoms with E-state index in [-0.39, 0.29) is 6.04 Å². The zero-order valence-corrected chi connectivity index (χ0v) is 12.2. The van der Waals surface area contributed by atoms with Gasteiger partial charge in [-0.05, 0) is 45.6 Å². The normalized spacial score (nSPS) is 41.4. The predicted molar refractivity (Wildman–Crippen MR) is 75.4 cm³/mol. The summed E-state index contributed by atoms with van der Waals surface area (Å²) < 4.78 is 5.54. The maximum absolute atomic E-state index is 6.14. The van der Waals surface area contributed by atoms with Gasteiger partial charge in [0.15, 0.2) is 5.82 Å². The van der Waals surface area contributed by atoms with Crippen LogP contribution in [0, 0.1) is 0 Å². The van der Waals surface area contributed by atoms with Crippen LogP contribution in [0.25, 0.3) is 0 Å². The van der Waals surface area contributed by atoms with E-state index < -0.39 is 0 Å². The zero-order valence-electron chi connectivity index (χ0n) is 12.2. The summed E-state index contributed by atoms with van der Waals surface area (Å²) in [4.78, 5) is 7.26. The largest absolute Gasteiger partial charge is 0.339 e. The lowest BCUT2D eigenvalue weighted by atomic mass is 9.90. The van der Waals surface area contributed by atoms with Gasteiger partial charge >= 0.3 is 0 Å². The quantitative estimate of drug-likeness (QED) is 0.895. The van der Waals surface area contributed by atoms with Crippen molar-refractivity contribution in [3.05, 3.63) is 11.7 Å². The molecule has 1 aromatic heterocycles.